The molecule has 0 saturated heterocycles. The van der Waals surface area contributed by atoms with Crippen molar-refractivity contribution in [2.24, 2.45) is 0 Å². The molecule has 0 spiro atoms. The molecule has 0 bridgehead atoms. The SMILES string of the molecule is c1ccc(N(c2ccc3c4ccccc4n(-c4ccccc4)c3c2)c2cccc3oc4c5ccccc5ccc4c23)cc1. The molecule has 0 aliphatic heterocycles. The maximum atomic E-state index is 6.58. The Morgan fingerprint density at radius 1 is 0.465 bits per heavy atom. The van der Waals surface area contributed by atoms with Crippen molar-refractivity contribution in [2.75, 3.05) is 4.90 Å². The minimum atomic E-state index is 0.879. The number of furan rings is 1. The lowest BCUT2D eigenvalue weighted by Gasteiger charge is -2.26. The van der Waals surface area contributed by atoms with Gasteiger partial charge in [-0.05, 0) is 66.0 Å². The van der Waals surface area contributed by atoms with Crippen LogP contribution in [0.1, 0.15) is 0 Å². The molecule has 202 valence electrons. The Balaban J connectivity index is 1.36. The van der Waals surface area contributed by atoms with E-state index in [-0.39, 0.29) is 0 Å². The van der Waals surface area contributed by atoms with Gasteiger partial charge in [0.25, 0.3) is 0 Å². The van der Waals surface area contributed by atoms with Crippen LogP contribution in [0.25, 0.3) is 60.2 Å². The van der Waals surface area contributed by atoms with Crippen LogP contribution >= 0.6 is 0 Å². The van der Waals surface area contributed by atoms with Crippen LogP contribution in [0.5, 0.6) is 0 Å². The summed E-state index contributed by atoms with van der Waals surface area (Å²) < 4.78 is 8.96. The molecule has 0 unspecified atom stereocenters. The highest BCUT2D eigenvalue weighted by atomic mass is 16.3. The molecule has 9 rings (SSSR count). The predicted molar refractivity (Wildman–Crippen MR) is 180 cm³/mol. The van der Waals surface area contributed by atoms with Crippen molar-refractivity contribution in [2.45, 2.75) is 0 Å². The minimum Gasteiger partial charge on any atom is -0.455 e. The lowest BCUT2D eigenvalue weighted by Crippen LogP contribution is -2.10. The molecule has 2 heterocycles. The monoisotopic (exact) mass is 550 g/mol. The number of rotatable bonds is 4. The highest BCUT2D eigenvalue weighted by molar-refractivity contribution is 6.20. The third kappa shape index (κ3) is 3.62. The highest BCUT2D eigenvalue weighted by Gasteiger charge is 2.21. The van der Waals surface area contributed by atoms with Crippen molar-refractivity contribution in [3.8, 4) is 5.69 Å². The first-order valence-electron chi connectivity index (χ1n) is 14.6. The van der Waals surface area contributed by atoms with E-state index in [1.165, 1.54) is 27.2 Å². The van der Waals surface area contributed by atoms with Crippen molar-refractivity contribution in [3.05, 3.63) is 158 Å². The number of hydrogen-bond acceptors (Lipinski definition) is 2. The Morgan fingerprint density at radius 3 is 2.02 bits per heavy atom. The van der Waals surface area contributed by atoms with Crippen LogP contribution in [-0.2, 0) is 0 Å². The molecule has 0 aliphatic carbocycles. The van der Waals surface area contributed by atoms with Crippen molar-refractivity contribution in [1.29, 1.82) is 0 Å². The molecule has 0 N–H and O–H groups in total. The van der Waals surface area contributed by atoms with Gasteiger partial charge in [-0.15, -0.1) is 0 Å². The van der Waals surface area contributed by atoms with E-state index in [9.17, 15) is 0 Å². The largest absolute Gasteiger partial charge is 0.455 e. The van der Waals surface area contributed by atoms with E-state index in [2.05, 4.69) is 167 Å². The number of fused-ring (bicyclic) bond motifs is 8. The second kappa shape index (κ2) is 9.37. The Bertz CT molecular complexity index is 2450. The van der Waals surface area contributed by atoms with Crippen molar-refractivity contribution >= 4 is 71.6 Å². The summed E-state index contributed by atoms with van der Waals surface area (Å²) in [6.07, 6.45) is 0. The molecule has 0 atom stereocenters. The average Bonchev–Trinajstić information content (AvgIpc) is 3.62. The molecule has 0 amide bonds. The van der Waals surface area contributed by atoms with E-state index in [1.807, 2.05) is 0 Å². The molecule has 0 fully saturated rings. The summed E-state index contributed by atoms with van der Waals surface area (Å²) in [5.41, 5.74) is 8.57. The van der Waals surface area contributed by atoms with Crippen LogP contribution in [0.4, 0.5) is 17.1 Å². The van der Waals surface area contributed by atoms with Crippen LogP contribution in [0.15, 0.2) is 162 Å². The molecule has 3 nitrogen and oxygen atoms in total. The van der Waals surface area contributed by atoms with Gasteiger partial charge in [-0.3, -0.25) is 0 Å². The Labute approximate surface area is 248 Å². The topological polar surface area (TPSA) is 21.3 Å². The van der Waals surface area contributed by atoms with Crippen LogP contribution in [0.2, 0.25) is 0 Å². The van der Waals surface area contributed by atoms with E-state index >= 15 is 0 Å². The number of benzene rings is 7. The molecule has 0 aliphatic rings. The zero-order chi connectivity index (χ0) is 28.3. The molecule has 3 heteroatoms. The number of nitrogens with zero attached hydrogens (tertiary/aromatic N) is 2. The van der Waals surface area contributed by atoms with E-state index < -0.39 is 0 Å². The Morgan fingerprint density at radius 2 is 1.16 bits per heavy atom. The summed E-state index contributed by atoms with van der Waals surface area (Å²) in [4.78, 5) is 2.36. The van der Waals surface area contributed by atoms with Crippen molar-refractivity contribution in [3.63, 3.8) is 0 Å². The van der Waals surface area contributed by atoms with Gasteiger partial charge in [-0.25, -0.2) is 0 Å². The summed E-state index contributed by atoms with van der Waals surface area (Å²) in [5.74, 6) is 0. The first-order chi connectivity index (χ1) is 21.3. The molecule has 0 radical (unpaired) electrons. The number of aromatic nitrogens is 1. The minimum absolute atomic E-state index is 0.879. The number of hydrogen-bond donors (Lipinski definition) is 0. The number of anilines is 3. The molecule has 2 aromatic heterocycles. The van der Waals surface area contributed by atoms with Gasteiger partial charge < -0.3 is 13.9 Å². The van der Waals surface area contributed by atoms with E-state index in [0.717, 1.165) is 50.1 Å². The second-order valence-corrected chi connectivity index (χ2v) is 11.0. The van der Waals surface area contributed by atoms with Crippen molar-refractivity contribution in [1.82, 2.24) is 4.57 Å². The summed E-state index contributed by atoms with van der Waals surface area (Å²) in [6, 6.07) is 55.9. The lowest BCUT2D eigenvalue weighted by molar-refractivity contribution is 0.672. The van der Waals surface area contributed by atoms with Gasteiger partial charge in [-0.2, -0.15) is 0 Å². The van der Waals surface area contributed by atoms with Crippen LogP contribution < -0.4 is 4.90 Å². The normalized spacial score (nSPS) is 11.7. The van der Waals surface area contributed by atoms with Crippen LogP contribution in [0, 0.1) is 0 Å². The smallest absolute Gasteiger partial charge is 0.143 e. The average molecular weight is 551 g/mol. The van der Waals surface area contributed by atoms with Gasteiger partial charge in [-0.1, -0.05) is 97.1 Å². The van der Waals surface area contributed by atoms with Gasteiger partial charge in [0.1, 0.15) is 11.2 Å². The second-order valence-electron chi connectivity index (χ2n) is 11.0. The fourth-order valence-corrected chi connectivity index (χ4v) is 6.68. The zero-order valence-electron chi connectivity index (χ0n) is 23.3. The standard InChI is InChI=1S/C40H26N2O/c1-3-13-28(14-4-1)41(36-20-11-21-38-39(36)34-24-22-27-12-7-8-17-31(27)40(34)43-38)30-23-25-33-32-18-9-10-19-35(32)42(37(33)26-30)29-15-5-2-6-16-29/h1-26H. The summed E-state index contributed by atoms with van der Waals surface area (Å²) in [5, 5.41) is 7.00. The molecule has 9 aromatic rings. The third-order valence-corrected chi connectivity index (χ3v) is 8.55. The Kier molecular flexibility index (Phi) is 5.20. The summed E-state index contributed by atoms with van der Waals surface area (Å²) in [6.45, 7) is 0. The lowest BCUT2D eigenvalue weighted by atomic mass is 10.0. The molecule has 7 aromatic carbocycles. The molecular weight excluding hydrogens is 524 g/mol. The summed E-state index contributed by atoms with van der Waals surface area (Å²) >= 11 is 0. The van der Waals surface area contributed by atoms with Gasteiger partial charge in [0.05, 0.1) is 22.1 Å². The van der Waals surface area contributed by atoms with E-state index in [1.54, 1.807) is 0 Å². The fraction of sp³-hybridized carbons (Fsp3) is 0. The number of para-hydroxylation sites is 3. The summed E-state index contributed by atoms with van der Waals surface area (Å²) in [7, 11) is 0. The quantitative estimate of drug-likeness (QED) is 0.217. The Hall–Kier alpha value is -5.80. The molecule has 0 saturated carbocycles. The highest BCUT2D eigenvalue weighted by Crippen LogP contribution is 2.45. The molecule has 43 heavy (non-hydrogen) atoms. The van der Waals surface area contributed by atoms with Gasteiger partial charge in [0.15, 0.2) is 0 Å². The first kappa shape index (κ1) is 23.9. The third-order valence-electron chi connectivity index (χ3n) is 8.55. The zero-order valence-corrected chi connectivity index (χ0v) is 23.3. The maximum absolute atomic E-state index is 6.58. The van der Waals surface area contributed by atoms with Gasteiger partial charge in [0, 0.05) is 38.6 Å². The fourth-order valence-electron chi connectivity index (χ4n) is 6.68. The van der Waals surface area contributed by atoms with Crippen LogP contribution in [0.3, 0.4) is 0 Å². The van der Waals surface area contributed by atoms with E-state index in [4.69, 9.17) is 4.42 Å². The van der Waals surface area contributed by atoms with Crippen LogP contribution in [-0.4, -0.2) is 4.57 Å². The van der Waals surface area contributed by atoms with E-state index in [0.29, 0.717) is 0 Å². The molecular formula is C40H26N2O. The van der Waals surface area contributed by atoms with Gasteiger partial charge >= 0.3 is 0 Å². The maximum Gasteiger partial charge on any atom is 0.143 e. The first-order valence-corrected chi connectivity index (χ1v) is 14.6. The predicted octanol–water partition coefficient (Wildman–Crippen LogP) is 11.3. The van der Waals surface area contributed by atoms with Crippen molar-refractivity contribution < 1.29 is 4.42 Å². The van der Waals surface area contributed by atoms with Gasteiger partial charge in [0.2, 0.25) is 0 Å².